The van der Waals surface area contributed by atoms with Crippen LogP contribution in [0.3, 0.4) is 0 Å². The molecule has 4 heteroatoms. The largest absolute Gasteiger partial charge is 0.388 e. The fourth-order valence-electron chi connectivity index (χ4n) is 2.36. The molecule has 2 rings (SSSR count). The third-order valence-corrected chi connectivity index (χ3v) is 3.80. The van der Waals surface area contributed by atoms with Gasteiger partial charge in [-0.1, -0.05) is 41.9 Å². The zero-order chi connectivity index (χ0) is 14.7. The van der Waals surface area contributed by atoms with E-state index in [4.69, 9.17) is 17.3 Å². The van der Waals surface area contributed by atoms with Crippen LogP contribution in [0.4, 0.5) is 4.39 Å². The Morgan fingerprint density at radius 1 is 1.25 bits per heavy atom. The number of aliphatic hydroxyl groups is 1. The molecule has 0 aliphatic rings. The van der Waals surface area contributed by atoms with Crippen molar-refractivity contribution >= 4 is 11.6 Å². The average Bonchev–Trinajstić information content (AvgIpc) is 2.44. The standard InChI is InChI=1S/C16H17ClFNO/c1-10-4-2-3-5-12(10)13(9-19)16(20)11-6-7-15(18)14(17)8-11/h2-8,13,16,20H,9,19H2,1H3. The number of aliphatic hydroxyl groups excluding tert-OH is 1. The number of hydrogen-bond donors (Lipinski definition) is 2. The smallest absolute Gasteiger partial charge is 0.141 e. The van der Waals surface area contributed by atoms with Gasteiger partial charge < -0.3 is 10.8 Å². The third-order valence-electron chi connectivity index (χ3n) is 3.51. The molecular formula is C16H17ClFNO. The molecule has 106 valence electrons. The van der Waals surface area contributed by atoms with Crippen molar-refractivity contribution in [2.24, 2.45) is 5.73 Å². The van der Waals surface area contributed by atoms with Gasteiger partial charge in [0.25, 0.3) is 0 Å². The lowest BCUT2D eigenvalue weighted by atomic mass is 9.87. The van der Waals surface area contributed by atoms with E-state index in [9.17, 15) is 9.50 Å². The van der Waals surface area contributed by atoms with E-state index in [0.29, 0.717) is 12.1 Å². The Hall–Kier alpha value is -1.42. The van der Waals surface area contributed by atoms with E-state index in [1.807, 2.05) is 31.2 Å². The molecule has 0 heterocycles. The van der Waals surface area contributed by atoms with E-state index < -0.39 is 11.9 Å². The molecule has 2 atom stereocenters. The normalized spacial score (nSPS) is 14.1. The second-order valence-electron chi connectivity index (χ2n) is 4.82. The Morgan fingerprint density at radius 2 is 1.95 bits per heavy atom. The zero-order valence-corrected chi connectivity index (χ0v) is 11.9. The summed E-state index contributed by atoms with van der Waals surface area (Å²) < 4.78 is 13.2. The lowest BCUT2D eigenvalue weighted by molar-refractivity contribution is 0.147. The summed E-state index contributed by atoms with van der Waals surface area (Å²) in [6.07, 6.45) is -0.820. The van der Waals surface area contributed by atoms with Crippen LogP contribution in [0, 0.1) is 12.7 Å². The molecule has 0 amide bonds. The highest BCUT2D eigenvalue weighted by Gasteiger charge is 2.23. The maximum absolute atomic E-state index is 13.2. The lowest BCUT2D eigenvalue weighted by Gasteiger charge is -2.24. The minimum Gasteiger partial charge on any atom is -0.388 e. The van der Waals surface area contributed by atoms with Crippen molar-refractivity contribution < 1.29 is 9.50 Å². The summed E-state index contributed by atoms with van der Waals surface area (Å²) in [6.45, 7) is 2.27. The van der Waals surface area contributed by atoms with Gasteiger partial charge in [-0.05, 0) is 35.7 Å². The number of nitrogens with two attached hydrogens (primary N) is 1. The van der Waals surface area contributed by atoms with Crippen molar-refractivity contribution in [3.05, 3.63) is 70.0 Å². The average molecular weight is 294 g/mol. The minimum atomic E-state index is -0.820. The molecule has 2 unspecified atom stereocenters. The SMILES string of the molecule is Cc1ccccc1C(CN)C(O)c1ccc(F)c(Cl)c1. The van der Waals surface area contributed by atoms with Crippen LogP contribution in [-0.4, -0.2) is 11.7 Å². The maximum Gasteiger partial charge on any atom is 0.141 e. The first-order valence-electron chi connectivity index (χ1n) is 6.43. The van der Waals surface area contributed by atoms with Gasteiger partial charge >= 0.3 is 0 Å². The predicted molar refractivity (Wildman–Crippen MR) is 79.3 cm³/mol. The van der Waals surface area contributed by atoms with E-state index in [-0.39, 0.29) is 10.9 Å². The van der Waals surface area contributed by atoms with Crippen molar-refractivity contribution in [2.45, 2.75) is 18.9 Å². The Labute approximate surface area is 123 Å². The van der Waals surface area contributed by atoms with Crippen LogP contribution >= 0.6 is 11.6 Å². The molecule has 3 N–H and O–H groups in total. The quantitative estimate of drug-likeness (QED) is 0.905. The first-order valence-corrected chi connectivity index (χ1v) is 6.81. The first kappa shape index (κ1) is 15.0. The van der Waals surface area contributed by atoms with E-state index >= 15 is 0 Å². The molecule has 0 radical (unpaired) electrons. The zero-order valence-electron chi connectivity index (χ0n) is 11.2. The molecule has 2 aromatic rings. The van der Waals surface area contributed by atoms with Gasteiger partial charge in [-0.3, -0.25) is 0 Å². The van der Waals surface area contributed by atoms with Gasteiger partial charge in [0, 0.05) is 12.5 Å². The number of aryl methyl sites for hydroxylation is 1. The number of benzene rings is 2. The molecule has 0 saturated heterocycles. The van der Waals surface area contributed by atoms with Crippen LogP contribution in [-0.2, 0) is 0 Å². The van der Waals surface area contributed by atoms with Crippen molar-refractivity contribution in [2.75, 3.05) is 6.54 Å². The van der Waals surface area contributed by atoms with Crippen LogP contribution in [0.25, 0.3) is 0 Å². The van der Waals surface area contributed by atoms with E-state index in [1.54, 1.807) is 0 Å². The molecule has 0 bridgehead atoms. The third kappa shape index (κ3) is 3.01. The van der Waals surface area contributed by atoms with Gasteiger partial charge in [-0.25, -0.2) is 4.39 Å². The second-order valence-corrected chi connectivity index (χ2v) is 5.22. The molecule has 0 aliphatic carbocycles. The maximum atomic E-state index is 13.2. The Morgan fingerprint density at radius 3 is 2.55 bits per heavy atom. The molecular weight excluding hydrogens is 277 g/mol. The summed E-state index contributed by atoms with van der Waals surface area (Å²) in [5.74, 6) is -0.750. The summed E-state index contributed by atoms with van der Waals surface area (Å²) in [4.78, 5) is 0. The lowest BCUT2D eigenvalue weighted by Crippen LogP contribution is -2.21. The van der Waals surface area contributed by atoms with Gasteiger partial charge in [0.15, 0.2) is 0 Å². The number of halogens is 2. The first-order chi connectivity index (χ1) is 9.54. The molecule has 0 spiro atoms. The van der Waals surface area contributed by atoms with Crippen molar-refractivity contribution in [1.29, 1.82) is 0 Å². The summed E-state index contributed by atoms with van der Waals surface area (Å²) >= 11 is 5.77. The van der Waals surface area contributed by atoms with Crippen LogP contribution in [0.5, 0.6) is 0 Å². The highest BCUT2D eigenvalue weighted by atomic mass is 35.5. The summed E-state index contributed by atoms with van der Waals surface area (Å²) in [5.41, 5.74) is 8.43. The molecule has 2 nitrogen and oxygen atoms in total. The highest BCUT2D eigenvalue weighted by Crippen LogP contribution is 2.33. The summed E-state index contributed by atoms with van der Waals surface area (Å²) in [7, 11) is 0. The van der Waals surface area contributed by atoms with Crippen LogP contribution in [0.1, 0.15) is 28.7 Å². The second kappa shape index (κ2) is 6.35. The fraction of sp³-hybridized carbons (Fsp3) is 0.250. The number of hydrogen-bond acceptors (Lipinski definition) is 2. The summed E-state index contributed by atoms with van der Waals surface area (Å²) in [6, 6.07) is 12.0. The van der Waals surface area contributed by atoms with Gasteiger partial charge in [-0.2, -0.15) is 0 Å². The van der Waals surface area contributed by atoms with E-state index in [2.05, 4.69) is 0 Å². The van der Waals surface area contributed by atoms with E-state index in [0.717, 1.165) is 11.1 Å². The topological polar surface area (TPSA) is 46.2 Å². The van der Waals surface area contributed by atoms with Crippen LogP contribution in [0.15, 0.2) is 42.5 Å². The molecule has 2 aromatic carbocycles. The Bertz CT molecular complexity index is 603. The van der Waals surface area contributed by atoms with E-state index in [1.165, 1.54) is 18.2 Å². The Balaban J connectivity index is 2.36. The molecule has 0 aliphatic heterocycles. The van der Waals surface area contributed by atoms with Crippen molar-refractivity contribution in [3.8, 4) is 0 Å². The molecule has 20 heavy (non-hydrogen) atoms. The minimum absolute atomic E-state index is 0.00195. The van der Waals surface area contributed by atoms with Gasteiger partial charge in [0.1, 0.15) is 5.82 Å². The molecule has 0 saturated carbocycles. The predicted octanol–water partition coefficient (Wildman–Crippen LogP) is 3.56. The van der Waals surface area contributed by atoms with Crippen LogP contribution < -0.4 is 5.73 Å². The Kier molecular flexibility index (Phi) is 4.76. The molecule has 0 fully saturated rings. The van der Waals surface area contributed by atoms with Gasteiger partial charge in [0.2, 0.25) is 0 Å². The highest BCUT2D eigenvalue weighted by molar-refractivity contribution is 6.30. The van der Waals surface area contributed by atoms with Crippen molar-refractivity contribution in [1.82, 2.24) is 0 Å². The van der Waals surface area contributed by atoms with Crippen molar-refractivity contribution in [3.63, 3.8) is 0 Å². The van der Waals surface area contributed by atoms with Gasteiger partial charge in [-0.15, -0.1) is 0 Å². The molecule has 0 aromatic heterocycles. The monoisotopic (exact) mass is 293 g/mol. The van der Waals surface area contributed by atoms with Gasteiger partial charge in [0.05, 0.1) is 11.1 Å². The number of rotatable bonds is 4. The summed E-state index contributed by atoms with van der Waals surface area (Å²) in [5, 5.41) is 10.5. The van der Waals surface area contributed by atoms with Crippen LogP contribution in [0.2, 0.25) is 5.02 Å². The fourth-order valence-corrected chi connectivity index (χ4v) is 2.55.